The van der Waals surface area contributed by atoms with Gasteiger partial charge in [0.15, 0.2) is 0 Å². The maximum atomic E-state index is 9.69. The van der Waals surface area contributed by atoms with Crippen molar-refractivity contribution in [2.75, 3.05) is 13.1 Å². The van der Waals surface area contributed by atoms with E-state index < -0.39 is 0 Å². The van der Waals surface area contributed by atoms with Crippen molar-refractivity contribution in [1.82, 2.24) is 4.90 Å². The predicted octanol–water partition coefficient (Wildman–Crippen LogP) is 0.754. The molecule has 3 atom stereocenters. The molecule has 1 aliphatic heterocycles. The summed E-state index contributed by atoms with van der Waals surface area (Å²) < 4.78 is 0. The van der Waals surface area contributed by atoms with Gasteiger partial charge in [0.05, 0.1) is 11.1 Å². The molecule has 1 heterocycles. The summed E-state index contributed by atoms with van der Waals surface area (Å²) in [7, 11) is 0. The zero-order valence-corrected chi connectivity index (χ0v) is 9.76. The van der Waals surface area contributed by atoms with E-state index in [9.17, 15) is 5.11 Å². The Morgan fingerprint density at radius 1 is 1.71 bits per heavy atom. The van der Waals surface area contributed by atoms with Crippen LogP contribution in [0.4, 0.5) is 0 Å². The van der Waals surface area contributed by atoms with Gasteiger partial charge in [-0.25, -0.2) is 0 Å². The third-order valence-electron chi connectivity index (χ3n) is 3.07. The predicted molar refractivity (Wildman–Crippen MR) is 62.2 cm³/mol. The van der Waals surface area contributed by atoms with Crippen LogP contribution in [0, 0.1) is 5.92 Å². The number of likely N-dealkylation sites (tertiary alicyclic amines) is 1. The van der Waals surface area contributed by atoms with E-state index in [4.69, 9.17) is 18.0 Å². The molecule has 1 rings (SSSR count). The van der Waals surface area contributed by atoms with Crippen molar-refractivity contribution < 1.29 is 5.11 Å². The van der Waals surface area contributed by atoms with Crippen molar-refractivity contribution >= 4 is 17.2 Å². The van der Waals surface area contributed by atoms with Gasteiger partial charge in [0, 0.05) is 18.5 Å². The number of nitrogens with two attached hydrogens (primary N) is 1. The zero-order chi connectivity index (χ0) is 10.7. The molecule has 0 spiro atoms. The molecule has 1 aliphatic rings. The second-order valence-corrected chi connectivity index (χ2v) is 4.72. The molecule has 0 radical (unpaired) electrons. The van der Waals surface area contributed by atoms with Crippen LogP contribution in [-0.4, -0.2) is 40.2 Å². The molecule has 82 valence electrons. The normalized spacial score (nSPS) is 31.4. The summed E-state index contributed by atoms with van der Waals surface area (Å²) in [5.41, 5.74) is 5.58. The number of aliphatic hydroxyl groups is 1. The molecule has 3 unspecified atom stereocenters. The highest BCUT2D eigenvalue weighted by molar-refractivity contribution is 7.80. The smallest absolute Gasteiger partial charge is 0.0768 e. The quantitative estimate of drug-likeness (QED) is 0.684. The van der Waals surface area contributed by atoms with E-state index in [2.05, 4.69) is 11.8 Å². The van der Waals surface area contributed by atoms with Crippen LogP contribution in [0.1, 0.15) is 26.7 Å². The third kappa shape index (κ3) is 2.90. The van der Waals surface area contributed by atoms with Gasteiger partial charge in [-0.05, 0) is 26.3 Å². The number of hydrogen-bond acceptors (Lipinski definition) is 3. The van der Waals surface area contributed by atoms with Crippen molar-refractivity contribution in [1.29, 1.82) is 0 Å². The first-order chi connectivity index (χ1) is 6.52. The van der Waals surface area contributed by atoms with Gasteiger partial charge in [-0.1, -0.05) is 19.1 Å². The summed E-state index contributed by atoms with van der Waals surface area (Å²) in [6.07, 6.45) is 1.79. The molecule has 0 aromatic rings. The van der Waals surface area contributed by atoms with Crippen molar-refractivity contribution in [3.05, 3.63) is 0 Å². The minimum atomic E-state index is -0.192. The van der Waals surface area contributed by atoms with Gasteiger partial charge in [0.2, 0.25) is 0 Å². The SMILES string of the molecule is CC(CN1CCCC(O)C1C)C(N)=S. The lowest BCUT2D eigenvalue weighted by Crippen LogP contribution is -2.48. The Kier molecular flexibility index (Phi) is 4.29. The highest BCUT2D eigenvalue weighted by Gasteiger charge is 2.27. The van der Waals surface area contributed by atoms with Gasteiger partial charge in [0.25, 0.3) is 0 Å². The van der Waals surface area contributed by atoms with Crippen molar-refractivity contribution in [2.45, 2.75) is 38.8 Å². The van der Waals surface area contributed by atoms with Crippen LogP contribution in [-0.2, 0) is 0 Å². The van der Waals surface area contributed by atoms with Crippen LogP contribution in [0.25, 0.3) is 0 Å². The average molecular weight is 216 g/mol. The summed E-state index contributed by atoms with van der Waals surface area (Å²) in [6, 6.07) is 0.237. The zero-order valence-electron chi connectivity index (χ0n) is 8.94. The molecule has 14 heavy (non-hydrogen) atoms. The summed E-state index contributed by atoms with van der Waals surface area (Å²) >= 11 is 4.94. The summed E-state index contributed by atoms with van der Waals surface area (Å²) in [5.74, 6) is 0.234. The molecule has 0 saturated carbocycles. The summed E-state index contributed by atoms with van der Waals surface area (Å²) in [5, 5.41) is 9.69. The van der Waals surface area contributed by atoms with E-state index in [1.807, 2.05) is 6.92 Å². The monoisotopic (exact) mass is 216 g/mol. The fourth-order valence-corrected chi connectivity index (χ4v) is 1.97. The topological polar surface area (TPSA) is 49.5 Å². The van der Waals surface area contributed by atoms with E-state index in [1.54, 1.807) is 0 Å². The highest BCUT2D eigenvalue weighted by Crippen LogP contribution is 2.18. The van der Waals surface area contributed by atoms with Crippen LogP contribution >= 0.6 is 12.2 Å². The first kappa shape index (κ1) is 11.9. The highest BCUT2D eigenvalue weighted by atomic mass is 32.1. The number of piperidine rings is 1. The minimum absolute atomic E-state index is 0.192. The van der Waals surface area contributed by atoms with Crippen LogP contribution in [0.15, 0.2) is 0 Å². The molecule has 4 heteroatoms. The van der Waals surface area contributed by atoms with E-state index >= 15 is 0 Å². The standard InChI is InChI=1S/C10H20N2OS/c1-7(10(11)14)6-12-5-3-4-9(13)8(12)2/h7-9,13H,3-6H2,1-2H3,(H2,11,14). The summed E-state index contributed by atoms with van der Waals surface area (Å²) in [6.45, 7) is 6.02. The number of aliphatic hydroxyl groups excluding tert-OH is 1. The third-order valence-corrected chi connectivity index (χ3v) is 3.47. The van der Waals surface area contributed by atoms with Crippen LogP contribution < -0.4 is 5.73 Å². The van der Waals surface area contributed by atoms with Gasteiger partial charge in [-0.3, -0.25) is 4.90 Å². The molecule has 0 aromatic carbocycles. The molecule has 3 N–H and O–H groups in total. The number of thiocarbonyl (C=S) groups is 1. The van der Waals surface area contributed by atoms with Crippen LogP contribution in [0.3, 0.4) is 0 Å². The van der Waals surface area contributed by atoms with E-state index in [0.29, 0.717) is 4.99 Å². The van der Waals surface area contributed by atoms with Crippen molar-refractivity contribution in [2.24, 2.45) is 11.7 Å². The Labute approximate surface area is 91.3 Å². The van der Waals surface area contributed by atoms with Crippen LogP contribution in [0.5, 0.6) is 0 Å². The summed E-state index contributed by atoms with van der Waals surface area (Å²) in [4.78, 5) is 2.84. The average Bonchev–Trinajstić information content (AvgIpc) is 2.12. The first-order valence-corrected chi connectivity index (χ1v) is 5.64. The maximum Gasteiger partial charge on any atom is 0.0768 e. The Balaban J connectivity index is 2.46. The number of nitrogens with zero attached hydrogens (tertiary/aromatic N) is 1. The van der Waals surface area contributed by atoms with Gasteiger partial charge < -0.3 is 10.8 Å². The fourth-order valence-electron chi connectivity index (χ4n) is 1.89. The van der Waals surface area contributed by atoms with Crippen LogP contribution in [0.2, 0.25) is 0 Å². The molecular formula is C10H20N2OS. The van der Waals surface area contributed by atoms with E-state index in [1.165, 1.54) is 0 Å². The molecule has 1 fully saturated rings. The Morgan fingerprint density at radius 3 is 2.93 bits per heavy atom. The lowest BCUT2D eigenvalue weighted by Gasteiger charge is -2.38. The van der Waals surface area contributed by atoms with E-state index in [-0.39, 0.29) is 18.1 Å². The fraction of sp³-hybridized carbons (Fsp3) is 0.900. The maximum absolute atomic E-state index is 9.69. The molecule has 0 bridgehead atoms. The van der Waals surface area contributed by atoms with Gasteiger partial charge in [-0.15, -0.1) is 0 Å². The molecule has 0 aliphatic carbocycles. The van der Waals surface area contributed by atoms with Crippen molar-refractivity contribution in [3.8, 4) is 0 Å². The number of rotatable bonds is 3. The molecule has 0 amide bonds. The second kappa shape index (κ2) is 5.05. The molecule has 0 aromatic heterocycles. The first-order valence-electron chi connectivity index (χ1n) is 5.23. The molecular weight excluding hydrogens is 196 g/mol. The van der Waals surface area contributed by atoms with Gasteiger partial charge in [-0.2, -0.15) is 0 Å². The second-order valence-electron chi connectivity index (χ2n) is 4.25. The minimum Gasteiger partial charge on any atom is -0.393 e. The lowest BCUT2D eigenvalue weighted by molar-refractivity contribution is 0.0171. The van der Waals surface area contributed by atoms with Gasteiger partial charge in [0.1, 0.15) is 0 Å². The molecule has 3 nitrogen and oxygen atoms in total. The Morgan fingerprint density at radius 2 is 2.36 bits per heavy atom. The van der Waals surface area contributed by atoms with Crippen molar-refractivity contribution in [3.63, 3.8) is 0 Å². The lowest BCUT2D eigenvalue weighted by atomic mass is 9.99. The number of hydrogen-bond donors (Lipinski definition) is 2. The Hall–Kier alpha value is -0.190. The Bertz CT molecular complexity index is 210. The van der Waals surface area contributed by atoms with E-state index in [0.717, 1.165) is 25.9 Å². The largest absolute Gasteiger partial charge is 0.393 e. The molecule has 1 saturated heterocycles. The van der Waals surface area contributed by atoms with Gasteiger partial charge >= 0.3 is 0 Å².